The van der Waals surface area contributed by atoms with Crippen LogP contribution in [-0.2, 0) is 12.8 Å². The smallest absolute Gasteiger partial charge is 0.231 e. The van der Waals surface area contributed by atoms with E-state index < -0.39 is 0 Å². The lowest BCUT2D eigenvalue weighted by Crippen LogP contribution is -2.34. The third kappa shape index (κ3) is 1.83. The van der Waals surface area contributed by atoms with E-state index in [0.717, 1.165) is 53.0 Å². The minimum Gasteiger partial charge on any atom is -0.504 e. The lowest BCUT2D eigenvalue weighted by Gasteiger charge is -2.36. The van der Waals surface area contributed by atoms with Crippen LogP contribution in [0.2, 0.25) is 0 Å². The molecule has 0 fully saturated rings. The largest absolute Gasteiger partial charge is 0.504 e. The average Bonchev–Trinajstić information content (AvgIpc) is 3.11. The standard InChI is InChI=1S/C19H19NO5/c1-22-12-4-3-9-7-11-14-10(5-6-20-11)17(23-2)19-18(24-8-25-19)15(14)13(9)16(12)21/h3-4,11,20-21H,5-8H2,1-2H3/t11-/m0/s1. The van der Waals surface area contributed by atoms with E-state index in [2.05, 4.69) is 5.32 Å². The quantitative estimate of drug-likeness (QED) is 0.875. The molecule has 2 N–H and O–H groups in total. The first kappa shape index (κ1) is 14.7. The summed E-state index contributed by atoms with van der Waals surface area (Å²) in [7, 11) is 3.22. The van der Waals surface area contributed by atoms with Gasteiger partial charge in [0.05, 0.1) is 14.2 Å². The van der Waals surface area contributed by atoms with Gasteiger partial charge in [-0.2, -0.15) is 0 Å². The molecule has 0 radical (unpaired) electrons. The molecule has 0 amide bonds. The molecule has 0 unspecified atom stereocenters. The van der Waals surface area contributed by atoms with Gasteiger partial charge >= 0.3 is 0 Å². The Kier molecular flexibility index (Phi) is 3.06. The third-order valence-corrected chi connectivity index (χ3v) is 5.35. The van der Waals surface area contributed by atoms with Gasteiger partial charge in [0, 0.05) is 22.7 Å². The molecule has 6 nitrogen and oxygen atoms in total. The number of fused-ring (bicyclic) bond motifs is 4. The minimum atomic E-state index is 0.147. The summed E-state index contributed by atoms with van der Waals surface area (Å²) in [6.45, 7) is 1.03. The van der Waals surface area contributed by atoms with Crippen molar-refractivity contribution < 1.29 is 24.1 Å². The van der Waals surface area contributed by atoms with Crippen molar-refractivity contribution in [2.24, 2.45) is 0 Å². The van der Waals surface area contributed by atoms with E-state index in [-0.39, 0.29) is 18.6 Å². The molecular weight excluding hydrogens is 322 g/mol. The van der Waals surface area contributed by atoms with Crippen LogP contribution in [0.15, 0.2) is 12.1 Å². The van der Waals surface area contributed by atoms with E-state index in [0.29, 0.717) is 17.2 Å². The summed E-state index contributed by atoms with van der Waals surface area (Å²) in [6.07, 6.45) is 1.65. The summed E-state index contributed by atoms with van der Waals surface area (Å²) >= 11 is 0. The zero-order valence-corrected chi connectivity index (χ0v) is 14.1. The molecule has 2 aromatic carbocycles. The van der Waals surface area contributed by atoms with E-state index >= 15 is 0 Å². The van der Waals surface area contributed by atoms with E-state index in [1.54, 1.807) is 14.2 Å². The molecule has 0 aromatic heterocycles. The van der Waals surface area contributed by atoms with Crippen LogP contribution in [0.1, 0.15) is 22.7 Å². The highest BCUT2D eigenvalue weighted by Gasteiger charge is 2.40. The van der Waals surface area contributed by atoms with E-state index in [1.165, 1.54) is 0 Å². The molecule has 2 aromatic rings. The van der Waals surface area contributed by atoms with Gasteiger partial charge in [0.15, 0.2) is 23.0 Å². The number of hydrogen-bond donors (Lipinski definition) is 2. The van der Waals surface area contributed by atoms with Crippen LogP contribution in [0.3, 0.4) is 0 Å². The third-order valence-electron chi connectivity index (χ3n) is 5.35. The number of ether oxygens (including phenoxy) is 4. The van der Waals surface area contributed by atoms with Gasteiger partial charge in [0.1, 0.15) is 0 Å². The zero-order valence-electron chi connectivity index (χ0n) is 14.1. The van der Waals surface area contributed by atoms with Gasteiger partial charge in [-0.05, 0) is 36.6 Å². The maximum absolute atomic E-state index is 10.8. The second kappa shape index (κ2) is 5.20. The zero-order chi connectivity index (χ0) is 17.1. The van der Waals surface area contributed by atoms with E-state index in [1.807, 2.05) is 12.1 Å². The molecule has 0 saturated carbocycles. The fourth-order valence-electron chi connectivity index (χ4n) is 4.36. The SMILES string of the molecule is COc1ccc2c(c1O)-c1c3c(c(OC)c4c1[C@H](C2)NCC4)OCO3. The van der Waals surface area contributed by atoms with E-state index in [4.69, 9.17) is 18.9 Å². The Morgan fingerprint density at radius 2 is 1.96 bits per heavy atom. The normalized spacial score (nSPS) is 19.2. The summed E-state index contributed by atoms with van der Waals surface area (Å²) in [5.74, 6) is 2.64. The number of methoxy groups -OCH3 is 2. The van der Waals surface area contributed by atoms with Crippen LogP contribution < -0.4 is 24.3 Å². The number of rotatable bonds is 2. The number of aromatic hydroxyl groups is 1. The molecule has 130 valence electrons. The van der Waals surface area contributed by atoms with Gasteiger partial charge < -0.3 is 29.4 Å². The first-order chi connectivity index (χ1) is 12.2. The van der Waals surface area contributed by atoms with Gasteiger partial charge in [-0.15, -0.1) is 0 Å². The predicted molar refractivity (Wildman–Crippen MR) is 90.9 cm³/mol. The summed E-state index contributed by atoms with van der Waals surface area (Å²) in [6, 6.07) is 3.99. The van der Waals surface area contributed by atoms with E-state index in [9.17, 15) is 5.11 Å². The second-order valence-electron chi connectivity index (χ2n) is 6.48. The number of phenols is 1. The second-order valence-corrected chi connectivity index (χ2v) is 6.48. The van der Waals surface area contributed by atoms with Gasteiger partial charge in [-0.3, -0.25) is 0 Å². The van der Waals surface area contributed by atoms with Gasteiger partial charge in [-0.25, -0.2) is 0 Å². The lowest BCUT2D eigenvalue weighted by molar-refractivity contribution is 0.171. The Balaban J connectivity index is 1.91. The highest BCUT2D eigenvalue weighted by Crippen LogP contribution is 2.59. The van der Waals surface area contributed by atoms with Crippen LogP contribution in [0, 0.1) is 0 Å². The van der Waals surface area contributed by atoms with Crippen molar-refractivity contribution in [3.63, 3.8) is 0 Å². The Bertz CT molecular complexity index is 892. The molecule has 5 rings (SSSR count). The summed E-state index contributed by atoms with van der Waals surface area (Å²) in [5, 5.41) is 14.4. The first-order valence-corrected chi connectivity index (χ1v) is 8.39. The van der Waals surface area contributed by atoms with Crippen molar-refractivity contribution in [2.75, 3.05) is 27.6 Å². The van der Waals surface area contributed by atoms with Crippen LogP contribution in [-0.4, -0.2) is 32.7 Å². The molecule has 25 heavy (non-hydrogen) atoms. The van der Waals surface area contributed by atoms with Crippen molar-refractivity contribution in [1.29, 1.82) is 0 Å². The van der Waals surface area contributed by atoms with Crippen LogP contribution >= 0.6 is 0 Å². The molecule has 2 heterocycles. The average molecular weight is 341 g/mol. The van der Waals surface area contributed by atoms with Gasteiger partial charge in [0.25, 0.3) is 0 Å². The van der Waals surface area contributed by atoms with Crippen molar-refractivity contribution in [3.05, 3.63) is 28.8 Å². The Morgan fingerprint density at radius 3 is 2.76 bits per heavy atom. The molecule has 1 aliphatic carbocycles. The number of benzene rings is 2. The van der Waals surface area contributed by atoms with Gasteiger partial charge in [0.2, 0.25) is 12.5 Å². The molecule has 1 atom stereocenters. The Labute approximate surface area is 145 Å². The maximum atomic E-state index is 10.8. The molecule has 6 heteroatoms. The minimum absolute atomic E-state index is 0.147. The molecular formula is C19H19NO5. The molecule has 3 aliphatic rings. The summed E-state index contributed by atoms with van der Waals surface area (Å²) < 4.78 is 22.5. The predicted octanol–water partition coefficient (Wildman–Crippen LogP) is 2.55. The number of hydrogen-bond acceptors (Lipinski definition) is 6. The van der Waals surface area contributed by atoms with Crippen molar-refractivity contribution >= 4 is 0 Å². The fourth-order valence-corrected chi connectivity index (χ4v) is 4.36. The molecule has 2 aliphatic heterocycles. The highest BCUT2D eigenvalue weighted by atomic mass is 16.7. The highest BCUT2D eigenvalue weighted by molar-refractivity contribution is 5.90. The monoisotopic (exact) mass is 341 g/mol. The first-order valence-electron chi connectivity index (χ1n) is 8.39. The Morgan fingerprint density at radius 1 is 1.12 bits per heavy atom. The fraction of sp³-hybridized carbons (Fsp3) is 0.368. The lowest BCUT2D eigenvalue weighted by atomic mass is 9.76. The maximum Gasteiger partial charge on any atom is 0.231 e. The Hall–Kier alpha value is -2.60. The van der Waals surface area contributed by atoms with Gasteiger partial charge in [-0.1, -0.05) is 6.07 Å². The molecule has 0 saturated heterocycles. The molecule has 0 spiro atoms. The number of nitrogens with one attached hydrogen (secondary N) is 1. The molecule has 0 bridgehead atoms. The topological polar surface area (TPSA) is 69.2 Å². The number of phenolic OH excluding ortho intramolecular Hbond substituents is 1. The summed E-state index contributed by atoms with van der Waals surface area (Å²) in [5.41, 5.74) is 5.03. The van der Waals surface area contributed by atoms with Crippen LogP contribution in [0.5, 0.6) is 28.7 Å². The van der Waals surface area contributed by atoms with Crippen LogP contribution in [0.25, 0.3) is 11.1 Å². The van der Waals surface area contributed by atoms with Crippen LogP contribution in [0.4, 0.5) is 0 Å². The van der Waals surface area contributed by atoms with Crippen molar-refractivity contribution in [3.8, 4) is 39.9 Å². The van der Waals surface area contributed by atoms with Crippen molar-refractivity contribution in [1.82, 2.24) is 5.32 Å². The van der Waals surface area contributed by atoms with Crippen molar-refractivity contribution in [2.45, 2.75) is 18.9 Å². The summed E-state index contributed by atoms with van der Waals surface area (Å²) in [4.78, 5) is 0.